The maximum Gasteiger partial charge on any atom is 0.0137 e. The molecule has 0 aromatic heterocycles. The highest BCUT2D eigenvalue weighted by Crippen LogP contribution is 2.54. The van der Waals surface area contributed by atoms with Crippen LogP contribution < -0.4 is 0 Å². The van der Waals surface area contributed by atoms with E-state index >= 15 is 0 Å². The Morgan fingerprint density at radius 1 is 0.308 bits per heavy atom. The number of fused-ring (bicyclic) bond motifs is 11. The lowest BCUT2D eigenvalue weighted by atomic mass is 9.68. The van der Waals surface area contributed by atoms with Crippen LogP contribution in [0.4, 0.5) is 0 Å². The van der Waals surface area contributed by atoms with Crippen molar-refractivity contribution in [2.24, 2.45) is 0 Å². The fraction of sp³-hybridized carbons (Fsp3) is 0.0385. The van der Waals surface area contributed by atoms with E-state index in [-0.39, 0.29) is 0 Å². The van der Waals surface area contributed by atoms with Crippen LogP contribution in [0.3, 0.4) is 0 Å². The molecule has 0 saturated carbocycles. The third-order valence-electron chi connectivity index (χ3n) is 11.6. The van der Waals surface area contributed by atoms with Gasteiger partial charge in [-0.05, 0) is 111 Å². The van der Waals surface area contributed by atoms with E-state index in [1.54, 1.807) is 0 Å². The Labute approximate surface area is 303 Å². The molecule has 0 nitrogen and oxygen atoms in total. The Hall–Kier alpha value is -6.50. The molecule has 2 aliphatic carbocycles. The summed E-state index contributed by atoms with van der Waals surface area (Å²) in [6.07, 6.45) is 9.26. The first kappa shape index (κ1) is 29.3. The van der Waals surface area contributed by atoms with E-state index in [1.165, 1.54) is 98.7 Å². The Bertz CT molecular complexity index is 2900. The minimum absolute atomic E-state index is 0.308. The second-order valence-electron chi connectivity index (χ2n) is 14.3. The van der Waals surface area contributed by atoms with Crippen molar-refractivity contribution in [1.82, 2.24) is 0 Å². The van der Waals surface area contributed by atoms with Crippen molar-refractivity contribution in [1.29, 1.82) is 0 Å². The maximum absolute atomic E-state index is 2.52. The topological polar surface area (TPSA) is 0 Å². The van der Waals surface area contributed by atoms with Crippen LogP contribution in [0.1, 0.15) is 23.0 Å². The van der Waals surface area contributed by atoms with E-state index in [9.17, 15) is 0 Å². The minimum atomic E-state index is 0.308. The van der Waals surface area contributed by atoms with Gasteiger partial charge in [0.25, 0.3) is 0 Å². The van der Waals surface area contributed by atoms with Crippen LogP contribution in [0, 0.1) is 0 Å². The molecule has 2 aliphatic rings. The summed E-state index contributed by atoms with van der Waals surface area (Å²) in [6.45, 7) is 0. The third kappa shape index (κ3) is 4.34. The first-order valence-electron chi connectivity index (χ1n) is 18.4. The van der Waals surface area contributed by atoms with Crippen molar-refractivity contribution >= 4 is 43.1 Å². The van der Waals surface area contributed by atoms with Crippen molar-refractivity contribution < 1.29 is 0 Å². The number of benzene rings is 9. The van der Waals surface area contributed by atoms with Crippen LogP contribution in [0.25, 0.3) is 87.6 Å². The van der Waals surface area contributed by atoms with Crippen LogP contribution in [0.5, 0.6) is 0 Å². The Morgan fingerprint density at radius 3 is 1.58 bits per heavy atom. The molecule has 242 valence electrons. The van der Waals surface area contributed by atoms with Gasteiger partial charge < -0.3 is 0 Å². The van der Waals surface area contributed by atoms with Gasteiger partial charge in [0.05, 0.1) is 0 Å². The molecular weight excluding hydrogens is 625 g/mol. The van der Waals surface area contributed by atoms with Crippen molar-refractivity contribution in [2.75, 3.05) is 0 Å². The predicted molar refractivity (Wildman–Crippen MR) is 222 cm³/mol. The van der Waals surface area contributed by atoms with E-state index in [1.807, 2.05) is 0 Å². The molecule has 0 spiro atoms. The molecule has 11 rings (SSSR count). The molecule has 0 aliphatic heterocycles. The van der Waals surface area contributed by atoms with Gasteiger partial charge in [-0.3, -0.25) is 0 Å². The van der Waals surface area contributed by atoms with E-state index in [0.29, 0.717) is 11.8 Å². The first-order valence-corrected chi connectivity index (χ1v) is 18.4. The van der Waals surface area contributed by atoms with Crippen molar-refractivity contribution in [2.45, 2.75) is 11.8 Å². The minimum Gasteiger partial charge on any atom is -0.0761 e. The number of allylic oxidation sites excluding steroid dienone is 4. The summed E-state index contributed by atoms with van der Waals surface area (Å²) >= 11 is 0. The molecule has 0 heterocycles. The zero-order valence-electron chi connectivity index (χ0n) is 28.6. The smallest absolute Gasteiger partial charge is 0.0137 e. The average Bonchev–Trinajstić information content (AvgIpc) is 3.22. The van der Waals surface area contributed by atoms with E-state index in [2.05, 4.69) is 194 Å². The zero-order chi connectivity index (χ0) is 34.2. The van der Waals surface area contributed by atoms with Crippen LogP contribution in [0.15, 0.2) is 194 Å². The molecule has 0 bridgehead atoms. The van der Waals surface area contributed by atoms with Crippen LogP contribution in [-0.2, 0) is 0 Å². The summed E-state index contributed by atoms with van der Waals surface area (Å²) < 4.78 is 0. The van der Waals surface area contributed by atoms with Gasteiger partial charge in [0.2, 0.25) is 0 Å². The van der Waals surface area contributed by atoms with Gasteiger partial charge in [0.15, 0.2) is 0 Å². The fourth-order valence-electron chi connectivity index (χ4n) is 9.33. The first-order chi connectivity index (χ1) is 25.8. The van der Waals surface area contributed by atoms with E-state index < -0.39 is 0 Å². The lowest BCUT2D eigenvalue weighted by molar-refractivity contribution is 0.725. The molecule has 0 amide bonds. The second-order valence-corrected chi connectivity index (χ2v) is 14.3. The summed E-state index contributed by atoms with van der Waals surface area (Å²) in [6, 6.07) is 63.3. The highest BCUT2D eigenvalue weighted by molar-refractivity contribution is 6.24. The van der Waals surface area contributed by atoms with E-state index in [0.717, 1.165) is 0 Å². The Morgan fingerprint density at radius 2 is 0.846 bits per heavy atom. The zero-order valence-corrected chi connectivity index (χ0v) is 28.6. The summed E-state index contributed by atoms with van der Waals surface area (Å²) in [5.74, 6) is 0.652. The van der Waals surface area contributed by atoms with E-state index in [4.69, 9.17) is 0 Å². The molecule has 0 fully saturated rings. The van der Waals surface area contributed by atoms with Gasteiger partial charge in [-0.1, -0.05) is 182 Å². The highest BCUT2D eigenvalue weighted by atomic mass is 14.4. The summed E-state index contributed by atoms with van der Waals surface area (Å²) in [4.78, 5) is 0. The van der Waals surface area contributed by atoms with Crippen LogP contribution >= 0.6 is 0 Å². The second kappa shape index (κ2) is 11.5. The van der Waals surface area contributed by atoms with Crippen molar-refractivity contribution in [3.63, 3.8) is 0 Å². The fourth-order valence-corrected chi connectivity index (χ4v) is 9.33. The molecule has 2 unspecified atom stereocenters. The quantitative estimate of drug-likeness (QED) is 0.166. The molecule has 9 aromatic carbocycles. The standard InChI is InChI=1S/C52H34/c1-2-14-36-31-37(30-27-33(36)13-1)34-25-28-35(29-26-34)50-44-21-9-11-23-46(44)52(47-24-12-10-22-45(47)50)49-32-48-40-17-4-3-15-38(40)39-16-5-7-19-42(39)51(48)43-20-8-6-18-41(43)49/h1-32,39,42H. The third-order valence-corrected chi connectivity index (χ3v) is 11.6. The average molecular weight is 659 g/mol. The summed E-state index contributed by atoms with van der Waals surface area (Å²) in [7, 11) is 0. The van der Waals surface area contributed by atoms with Gasteiger partial charge in [-0.25, -0.2) is 0 Å². The van der Waals surface area contributed by atoms with Gasteiger partial charge >= 0.3 is 0 Å². The van der Waals surface area contributed by atoms with Gasteiger partial charge in [0, 0.05) is 11.8 Å². The van der Waals surface area contributed by atoms with Gasteiger partial charge in [0.1, 0.15) is 0 Å². The lowest BCUT2D eigenvalue weighted by Gasteiger charge is -2.35. The lowest BCUT2D eigenvalue weighted by Crippen LogP contribution is -2.17. The van der Waals surface area contributed by atoms with Gasteiger partial charge in [-0.15, -0.1) is 0 Å². The SMILES string of the molecule is C1=CC2c3ccccc3-c3cc(-c4c5ccccc5c(-c5ccc(-c6ccc7ccccc7c6)cc5)c5ccccc45)c4ccccc4c3C2C=C1. The predicted octanol–water partition coefficient (Wildman–Crippen LogP) is 14.3. The van der Waals surface area contributed by atoms with Crippen LogP contribution in [-0.4, -0.2) is 0 Å². The number of rotatable bonds is 3. The normalized spacial score (nSPS) is 15.9. The van der Waals surface area contributed by atoms with Crippen LogP contribution in [0.2, 0.25) is 0 Å². The van der Waals surface area contributed by atoms with Gasteiger partial charge in [-0.2, -0.15) is 0 Å². The number of hydrogen-bond acceptors (Lipinski definition) is 0. The highest BCUT2D eigenvalue weighted by Gasteiger charge is 2.34. The molecule has 0 N–H and O–H groups in total. The summed E-state index contributed by atoms with van der Waals surface area (Å²) in [5, 5.41) is 10.3. The summed E-state index contributed by atoms with van der Waals surface area (Å²) in [5.41, 5.74) is 13.1. The van der Waals surface area contributed by atoms with Crippen molar-refractivity contribution in [3.05, 3.63) is 205 Å². The number of hydrogen-bond donors (Lipinski definition) is 0. The molecule has 0 radical (unpaired) electrons. The molecule has 9 aromatic rings. The Balaban J connectivity index is 1.16. The van der Waals surface area contributed by atoms with Crippen molar-refractivity contribution in [3.8, 4) is 44.5 Å². The largest absolute Gasteiger partial charge is 0.0761 e. The molecular formula is C52H34. The molecule has 2 atom stereocenters. The Kier molecular flexibility index (Phi) is 6.48. The maximum atomic E-state index is 2.52. The molecule has 0 heteroatoms. The molecule has 52 heavy (non-hydrogen) atoms. The molecule has 0 saturated heterocycles. The monoisotopic (exact) mass is 658 g/mol.